The zero-order chi connectivity index (χ0) is 17.0. The van der Waals surface area contributed by atoms with Crippen LogP contribution in [0.3, 0.4) is 0 Å². The van der Waals surface area contributed by atoms with Gasteiger partial charge in [-0.3, -0.25) is 0 Å². The fourth-order valence-electron chi connectivity index (χ4n) is 2.91. The van der Waals surface area contributed by atoms with Crippen LogP contribution in [0.2, 0.25) is 0 Å². The zero-order valence-corrected chi connectivity index (χ0v) is 15.4. The van der Waals surface area contributed by atoms with Crippen molar-refractivity contribution in [2.75, 3.05) is 12.1 Å². The number of aryl methyl sites for hydroxylation is 1. The highest BCUT2D eigenvalue weighted by molar-refractivity contribution is 9.10. The van der Waals surface area contributed by atoms with Crippen molar-refractivity contribution in [2.45, 2.75) is 6.92 Å². The molecule has 5 rings (SSSR count). The highest BCUT2D eigenvalue weighted by Gasteiger charge is 2.19. The van der Waals surface area contributed by atoms with Crippen molar-refractivity contribution < 1.29 is 9.47 Å². The Bertz CT molecular complexity index is 1140. The maximum absolute atomic E-state index is 5.49. The first-order valence-electron chi connectivity index (χ1n) is 7.56. The van der Waals surface area contributed by atoms with Crippen LogP contribution in [0, 0.1) is 6.92 Å². The smallest absolute Gasteiger partial charge is 0.231 e. The van der Waals surface area contributed by atoms with E-state index in [1.807, 2.05) is 31.2 Å². The minimum atomic E-state index is 0.231. The van der Waals surface area contributed by atoms with Crippen LogP contribution >= 0.6 is 27.3 Å². The summed E-state index contributed by atoms with van der Waals surface area (Å²) in [5.74, 6) is 2.16. The molecule has 3 heterocycles. The summed E-state index contributed by atoms with van der Waals surface area (Å²) in [6.45, 7) is 2.23. The van der Waals surface area contributed by atoms with Crippen LogP contribution in [0.4, 0.5) is 11.5 Å². The SMILES string of the molecule is Cc1nc2ccc3ncnc(Nc4cc(Br)c5c(c4)OCO5)c3c2s1. The van der Waals surface area contributed by atoms with Gasteiger partial charge in [0.25, 0.3) is 0 Å². The first-order chi connectivity index (χ1) is 12.2. The molecule has 0 saturated heterocycles. The van der Waals surface area contributed by atoms with Crippen molar-refractivity contribution in [2.24, 2.45) is 0 Å². The molecule has 6 nitrogen and oxygen atoms in total. The average molecular weight is 415 g/mol. The lowest BCUT2D eigenvalue weighted by Crippen LogP contribution is -1.96. The van der Waals surface area contributed by atoms with Crippen LogP contribution < -0.4 is 14.8 Å². The third-order valence-corrected chi connectivity index (χ3v) is 5.55. The Kier molecular flexibility index (Phi) is 3.29. The van der Waals surface area contributed by atoms with Crippen molar-refractivity contribution in [3.8, 4) is 11.5 Å². The third kappa shape index (κ3) is 2.40. The number of hydrogen-bond acceptors (Lipinski definition) is 7. The van der Waals surface area contributed by atoms with Crippen molar-refractivity contribution in [1.29, 1.82) is 0 Å². The Morgan fingerprint density at radius 3 is 2.96 bits per heavy atom. The molecule has 0 fully saturated rings. The molecule has 124 valence electrons. The fraction of sp³-hybridized carbons (Fsp3) is 0.118. The molecule has 25 heavy (non-hydrogen) atoms. The summed E-state index contributed by atoms with van der Waals surface area (Å²) in [5.41, 5.74) is 2.70. The average Bonchev–Trinajstić information content (AvgIpc) is 3.20. The van der Waals surface area contributed by atoms with Crippen molar-refractivity contribution >= 4 is 59.9 Å². The monoisotopic (exact) mass is 414 g/mol. The lowest BCUT2D eigenvalue weighted by molar-refractivity contribution is 0.173. The molecule has 2 aromatic carbocycles. The lowest BCUT2D eigenvalue weighted by atomic mass is 10.2. The van der Waals surface area contributed by atoms with Crippen LogP contribution in [-0.4, -0.2) is 21.7 Å². The maximum atomic E-state index is 5.49. The van der Waals surface area contributed by atoms with Gasteiger partial charge in [-0.25, -0.2) is 15.0 Å². The number of anilines is 2. The largest absolute Gasteiger partial charge is 0.453 e. The molecule has 0 atom stereocenters. The van der Waals surface area contributed by atoms with Crippen LogP contribution in [0.15, 0.2) is 35.1 Å². The number of thiazole rings is 1. The quantitative estimate of drug-likeness (QED) is 0.508. The van der Waals surface area contributed by atoms with Gasteiger partial charge in [0.1, 0.15) is 12.1 Å². The number of benzene rings is 2. The molecule has 0 bridgehead atoms. The Labute approximate surface area is 155 Å². The molecule has 0 saturated carbocycles. The number of aromatic nitrogens is 3. The summed E-state index contributed by atoms with van der Waals surface area (Å²) in [5, 5.41) is 5.37. The number of fused-ring (bicyclic) bond motifs is 4. The number of halogens is 1. The molecule has 8 heteroatoms. The third-order valence-electron chi connectivity index (χ3n) is 3.95. The molecule has 1 aliphatic heterocycles. The van der Waals surface area contributed by atoms with Gasteiger partial charge in [0.05, 0.1) is 30.6 Å². The van der Waals surface area contributed by atoms with E-state index < -0.39 is 0 Å². The summed E-state index contributed by atoms with van der Waals surface area (Å²) in [6.07, 6.45) is 1.56. The molecular formula is C17H11BrN4O2S. The molecule has 0 unspecified atom stereocenters. The summed E-state index contributed by atoms with van der Waals surface area (Å²) in [6, 6.07) is 7.81. The van der Waals surface area contributed by atoms with Crippen LogP contribution in [0.5, 0.6) is 11.5 Å². The summed E-state index contributed by atoms with van der Waals surface area (Å²) < 4.78 is 12.8. The summed E-state index contributed by atoms with van der Waals surface area (Å²) in [4.78, 5) is 13.4. The number of rotatable bonds is 2. The highest BCUT2D eigenvalue weighted by Crippen LogP contribution is 2.42. The Balaban J connectivity index is 1.68. The van der Waals surface area contributed by atoms with E-state index in [4.69, 9.17) is 9.47 Å². The fourth-order valence-corrected chi connectivity index (χ4v) is 4.43. The van der Waals surface area contributed by atoms with E-state index >= 15 is 0 Å². The second-order valence-corrected chi connectivity index (χ2v) is 7.64. The van der Waals surface area contributed by atoms with E-state index in [0.29, 0.717) is 5.75 Å². The highest BCUT2D eigenvalue weighted by atomic mass is 79.9. The second-order valence-electron chi connectivity index (χ2n) is 5.58. The van der Waals surface area contributed by atoms with Gasteiger partial charge in [-0.05, 0) is 41.1 Å². The molecule has 0 amide bonds. The molecule has 4 aromatic rings. The Hall–Kier alpha value is -2.45. The van der Waals surface area contributed by atoms with E-state index in [-0.39, 0.29) is 6.79 Å². The van der Waals surface area contributed by atoms with Crippen LogP contribution in [0.1, 0.15) is 5.01 Å². The van der Waals surface area contributed by atoms with Gasteiger partial charge in [0, 0.05) is 11.8 Å². The summed E-state index contributed by atoms with van der Waals surface area (Å²) >= 11 is 5.16. The molecule has 1 aliphatic rings. The predicted molar refractivity (Wildman–Crippen MR) is 101 cm³/mol. The zero-order valence-electron chi connectivity index (χ0n) is 13.0. The van der Waals surface area contributed by atoms with Crippen LogP contribution in [0.25, 0.3) is 21.1 Å². The normalized spacial score (nSPS) is 12.9. The number of hydrogen-bond donors (Lipinski definition) is 1. The van der Waals surface area contributed by atoms with E-state index in [1.165, 1.54) is 0 Å². The maximum Gasteiger partial charge on any atom is 0.231 e. The first-order valence-corrected chi connectivity index (χ1v) is 9.17. The molecular weight excluding hydrogens is 404 g/mol. The first kappa shape index (κ1) is 14.9. The van der Waals surface area contributed by atoms with E-state index in [1.54, 1.807) is 17.7 Å². The predicted octanol–water partition coefficient (Wildman–Crippen LogP) is 4.78. The van der Waals surface area contributed by atoms with E-state index in [9.17, 15) is 0 Å². The molecule has 0 aliphatic carbocycles. The van der Waals surface area contributed by atoms with Gasteiger partial charge in [0.15, 0.2) is 11.5 Å². The number of ether oxygens (including phenoxy) is 2. The van der Waals surface area contributed by atoms with E-state index in [0.717, 1.165) is 47.9 Å². The van der Waals surface area contributed by atoms with Crippen molar-refractivity contribution in [3.05, 3.63) is 40.1 Å². The molecule has 2 aromatic heterocycles. The molecule has 0 spiro atoms. The van der Waals surface area contributed by atoms with Gasteiger partial charge < -0.3 is 14.8 Å². The summed E-state index contributed by atoms with van der Waals surface area (Å²) in [7, 11) is 0. The van der Waals surface area contributed by atoms with Crippen LogP contribution in [-0.2, 0) is 0 Å². The molecule has 1 N–H and O–H groups in total. The second kappa shape index (κ2) is 5.53. The Morgan fingerprint density at radius 2 is 2.04 bits per heavy atom. The topological polar surface area (TPSA) is 69.2 Å². The van der Waals surface area contributed by atoms with Gasteiger partial charge in [0.2, 0.25) is 6.79 Å². The van der Waals surface area contributed by atoms with Gasteiger partial charge in [-0.1, -0.05) is 0 Å². The number of nitrogens with one attached hydrogen (secondary N) is 1. The van der Waals surface area contributed by atoms with Crippen molar-refractivity contribution in [1.82, 2.24) is 15.0 Å². The van der Waals surface area contributed by atoms with Gasteiger partial charge in [-0.2, -0.15) is 0 Å². The van der Waals surface area contributed by atoms with E-state index in [2.05, 4.69) is 36.2 Å². The van der Waals surface area contributed by atoms with Gasteiger partial charge in [-0.15, -0.1) is 11.3 Å². The molecule has 0 radical (unpaired) electrons. The van der Waals surface area contributed by atoms with Crippen molar-refractivity contribution in [3.63, 3.8) is 0 Å². The minimum absolute atomic E-state index is 0.231. The van der Waals surface area contributed by atoms with Gasteiger partial charge >= 0.3 is 0 Å². The Morgan fingerprint density at radius 1 is 1.16 bits per heavy atom. The number of nitrogens with zero attached hydrogens (tertiary/aromatic N) is 3. The minimum Gasteiger partial charge on any atom is -0.453 e. The standard InChI is InChI=1S/C17H11BrN4O2S/c1-8-21-12-3-2-11-14(16(12)25-8)17(20-6-19-11)22-9-4-10(18)15-13(5-9)23-7-24-15/h2-6H,7H2,1H3,(H,19,20,22). The lowest BCUT2D eigenvalue weighted by Gasteiger charge is -2.10.